The van der Waals surface area contributed by atoms with E-state index < -0.39 is 11.7 Å². The number of nitrogens with one attached hydrogen (secondary N) is 1. The van der Waals surface area contributed by atoms with Gasteiger partial charge in [-0.25, -0.2) is 9.18 Å². The van der Waals surface area contributed by atoms with E-state index in [0.29, 0.717) is 30.9 Å². The van der Waals surface area contributed by atoms with Crippen LogP contribution in [0.5, 0.6) is 0 Å². The van der Waals surface area contributed by atoms with Crippen LogP contribution in [-0.2, 0) is 6.54 Å². The number of carbonyl (C=O) groups excluding carboxylic acids is 2. The second-order valence-corrected chi connectivity index (χ2v) is 7.50. The van der Waals surface area contributed by atoms with Gasteiger partial charge < -0.3 is 10.2 Å². The maximum atomic E-state index is 13.8. The van der Waals surface area contributed by atoms with Crippen LogP contribution in [0.4, 0.5) is 20.6 Å². The van der Waals surface area contributed by atoms with Gasteiger partial charge in [0.1, 0.15) is 5.82 Å². The van der Waals surface area contributed by atoms with E-state index in [1.807, 2.05) is 12.1 Å². The third-order valence-electron chi connectivity index (χ3n) is 5.30. The lowest BCUT2D eigenvalue weighted by molar-refractivity contribution is 0.102. The van der Waals surface area contributed by atoms with Gasteiger partial charge in [0.05, 0.1) is 17.2 Å². The lowest BCUT2D eigenvalue weighted by Crippen LogP contribution is -2.49. The number of nitriles is 1. The fraction of sp³-hybridized carbons (Fsp3) is 0.160. The lowest BCUT2D eigenvalue weighted by atomic mass is 10.1. The van der Waals surface area contributed by atoms with E-state index >= 15 is 0 Å². The largest absolute Gasteiger partial charge is 0.324 e. The zero-order chi connectivity index (χ0) is 22.5. The summed E-state index contributed by atoms with van der Waals surface area (Å²) < 4.78 is 13.8. The molecule has 0 saturated carbocycles. The summed E-state index contributed by atoms with van der Waals surface area (Å²) in [5, 5.41) is 11.8. The number of hydrogen-bond donors (Lipinski definition) is 1. The number of nitrogens with zero attached hydrogens (tertiary/aromatic N) is 3. The average molecular weight is 428 g/mol. The predicted octanol–water partition coefficient (Wildman–Crippen LogP) is 4.78. The molecule has 0 aromatic heterocycles. The van der Waals surface area contributed by atoms with E-state index in [1.165, 1.54) is 18.2 Å². The van der Waals surface area contributed by atoms with Crippen molar-refractivity contribution in [1.82, 2.24) is 4.90 Å². The molecule has 0 radical (unpaired) electrons. The molecule has 1 aliphatic heterocycles. The summed E-state index contributed by atoms with van der Waals surface area (Å²) in [5.74, 6) is -1.11. The molecule has 1 N–H and O–H groups in total. The molecule has 0 atom stereocenters. The molecule has 3 aromatic rings. The number of carbonyl (C=O) groups is 2. The van der Waals surface area contributed by atoms with E-state index in [4.69, 9.17) is 5.26 Å². The summed E-state index contributed by atoms with van der Waals surface area (Å²) in [6, 6.07) is 21.9. The quantitative estimate of drug-likeness (QED) is 0.635. The van der Waals surface area contributed by atoms with Crippen molar-refractivity contribution in [3.8, 4) is 6.07 Å². The normalized spacial score (nSPS) is 13.6. The Bertz CT molecular complexity index is 1190. The molecule has 0 aliphatic carbocycles. The molecular weight excluding hydrogens is 407 g/mol. The summed E-state index contributed by atoms with van der Waals surface area (Å²) in [5.41, 5.74) is 2.67. The maximum Gasteiger partial charge on any atom is 0.324 e. The zero-order valence-corrected chi connectivity index (χ0v) is 17.3. The van der Waals surface area contributed by atoms with E-state index in [0.717, 1.165) is 17.7 Å². The molecular formula is C25H21FN4O2. The van der Waals surface area contributed by atoms with Crippen LogP contribution in [0, 0.1) is 17.1 Å². The van der Waals surface area contributed by atoms with Crippen molar-refractivity contribution in [3.05, 3.63) is 95.3 Å². The predicted molar refractivity (Wildman–Crippen MR) is 120 cm³/mol. The van der Waals surface area contributed by atoms with E-state index in [9.17, 15) is 14.0 Å². The monoisotopic (exact) mass is 428 g/mol. The second kappa shape index (κ2) is 9.31. The molecule has 6 nitrogen and oxygen atoms in total. The summed E-state index contributed by atoms with van der Waals surface area (Å²) in [6.45, 7) is 1.67. The smallest absolute Gasteiger partial charge is 0.322 e. The minimum atomic E-state index is -0.582. The summed E-state index contributed by atoms with van der Waals surface area (Å²) in [4.78, 5) is 28.8. The number of halogens is 1. The van der Waals surface area contributed by atoms with E-state index in [1.54, 1.807) is 52.3 Å². The summed E-state index contributed by atoms with van der Waals surface area (Å²) in [7, 11) is 0. The first-order valence-corrected chi connectivity index (χ1v) is 10.3. The lowest BCUT2D eigenvalue weighted by Gasteiger charge is -2.35. The third-order valence-corrected chi connectivity index (χ3v) is 5.30. The minimum Gasteiger partial charge on any atom is -0.322 e. The Balaban J connectivity index is 1.44. The molecule has 0 bridgehead atoms. The number of benzene rings is 3. The van der Waals surface area contributed by atoms with Crippen LogP contribution in [-0.4, -0.2) is 29.9 Å². The van der Waals surface area contributed by atoms with Gasteiger partial charge in [-0.1, -0.05) is 24.3 Å². The number of urea groups is 1. The van der Waals surface area contributed by atoms with E-state index in [-0.39, 0.29) is 11.6 Å². The summed E-state index contributed by atoms with van der Waals surface area (Å²) >= 11 is 0. The van der Waals surface area contributed by atoms with Crippen LogP contribution in [0.25, 0.3) is 0 Å². The Kier molecular flexibility index (Phi) is 6.13. The SMILES string of the molecule is N#Cc1cccc(CN2CCCN(c3ccc(NC(=O)c4ccccc4F)cc3)C2=O)c1. The van der Waals surface area contributed by atoms with Crippen molar-refractivity contribution in [2.75, 3.05) is 23.3 Å². The van der Waals surface area contributed by atoms with Crippen molar-refractivity contribution in [2.24, 2.45) is 0 Å². The highest BCUT2D eigenvalue weighted by Crippen LogP contribution is 2.24. The molecule has 7 heteroatoms. The molecule has 0 spiro atoms. The standard InChI is InChI=1S/C25H21FN4O2/c26-23-8-2-1-7-22(23)24(31)28-20-9-11-21(12-10-20)30-14-4-13-29(25(30)32)17-19-6-3-5-18(15-19)16-27/h1-3,5-12,15H,4,13-14,17H2,(H,28,31). The van der Waals surface area contributed by atoms with Crippen LogP contribution in [0.2, 0.25) is 0 Å². The molecule has 1 heterocycles. The highest BCUT2D eigenvalue weighted by atomic mass is 19.1. The molecule has 0 unspecified atom stereocenters. The first-order valence-electron chi connectivity index (χ1n) is 10.3. The number of amides is 3. The maximum absolute atomic E-state index is 13.8. The van der Waals surface area contributed by atoms with Crippen LogP contribution >= 0.6 is 0 Å². The topological polar surface area (TPSA) is 76.4 Å². The molecule has 160 valence electrons. The van der Waals surface area contributed by atoms with Crippen LogP contribution < -0.4 is 10.2 Å². The van der Waals surface area contributed by atoms with Crippen LogP contribution in [0.15, 0.2) is 72.8 Å². The van der Waals surface area contributed by atoms with Crippen LogP contribution in [0.3, 0.4) is 0 Å². The molecule has 3 amide bonds. The van der Waals surface area contributed by atoms with Gasteiger partial charge in [0.25, 0.3) is 5.91 Å². The summed E-state index contributed by atoms with van der Waals surface area (Å²) in [6.07, 6.45) is 0.815. The Hall–Kier alpha value is -4.18. The minimum absolute atomic E-state index is 0.0288. The van der Waals surface area contributed by atoms with Gasteiger partial charge in [0, 0.05) is 31.0 Å². The Labute approximate surface area is 185 Å². The van der Waals surface area contributed by atoms with Gasteiger partial charge in [0.2, 0.25) is 0 Å². The first-order chi connectivity index (χ1) is 15.5. The third kappa shape index (κ3) is 4.60. The van der Waals surface area contributed by atoms with Crippen molar-refractivity contribution in [3.63, 3.8) is 0 Å². The van der Waals surface area contributed by atoms with Gasteiger partial charge in [0.15, 0.2) is 0 Å². The fourth-order valence-electron chi connectivity index (χ4n) is 3.70. The van der Waals surface area contributed by atoms with E-state index in [2.05, 4.69) is 11.4 Å². The Morgan fingerprint density at radius 1 is 1.03 bits per heavy atom. The Morgan fingerprint density at radius 3 is 2.56 bits per heavy atom. The highest BCUT2D eigenvalue weighted by Gasteiger charge is 2.27. The number of anilines is 2. The van der Waals surface area contributed by atoms with Gasteiger partial charge in [-0.05, 0) is 60.5 Å². The van der Waals surface area contributed by atoms with Gasteiger partial charge >= 0.3 is 6.03 Å². The zero-order valence-electron chi connectivity index (χ0n) is 17.3. The molecule has 3 aromatic carbocycles. The molecule has 1 saturated heterocycles. The van der Waals surface area contributed by atoms with Crippen molar-refractivity contribution in [2.45, 2.75) is 13.0 Å². The number of rotatable bonds is 5. The van der Waals surface area contributed by atoms with Gasteiger partial charge in [-0.2, -0.15) is 5.26 Å². The number of hydrogen-bond acceptors (Lipinski definition) is 3. The Morgan fingerprint density at radius 2 is 1.81 bits per heavy atom. The van der Waals surface area contributed by atoms with Crippen molar-refractivity contribution in [1.29, 1.82) is 5.26 Å². The van der Waals surface area contributed by atoms with Crippen molar-refractivity contribution >= 4 is 23.3 Å². The fourth-order valence-corrected chi connectivity index (χ4v) is 3.70. The molecule has 1 fully saturated rings. The second-order valence-electron chi connectivity index (χ2n) is 7.50. The van der Waals surface area contributed by atoms with Crippen molar-refractivity contribution < 1.29 is 14.0 Å². The first kappa shape index (κ1) is 21.1. The molecule has 32 heavy (non-hydrogen) atoms. The average Bonchev–Trinajstić information content (AvgIpc) is 2.81. The molecule has 1 aliphatic rings. The molecule has 4 rings (SSSR count). The van der Waals surface area contributed by atoms with Gasteiger partial charge in [-0.15, -0.1) is 0 Å². The highest BCUT2D eigenvalue weighted by molar-refractivity contribution is 6.04. The van der Waals surface area contributed by atoms with Gasteiger partial charge in [-0.3, -0.25) is 9.69 Å². The van der Waals surface area contributed by atoms with Crippen LogP contribution in [0.1, 0.15) is 27.9 Å².